The van der Waals surface area contributed by atoms with Gasteiger partial charge in [-0.1, -0.05) is 33.1 Å². The van der Waals surface area contributed by atoms with Crippen LogP contribution in [0.15, 0.2) is 24.3 Å². The van der Waals surface area contributed by atoms with E-state index in [0.29, 0.717) is 14.4 Å². The van der Waals surface area contributed by atoms with Gasteiger partial charge in [0.15, 0.2) is 0 Å². The van der Waals surface area contributed by atoms with Crippen molar-refractivity contribution >= 4 is 14.7 Å². The molecule has 104 valence electrons. The first-order valence-electron chi connectivity index (χ1n) is 5.17. The normalized spacial score (nSPS) is 10.2. The maximum atomic E-state index is 11.9. The highest BCUT2D eigenvalue weighted by Crippen LogP contribution is 2.30. The predicted octanol–water partition coefficient (Wildman–Crippen LogP) is 4.31. The van der Waals surface area contributed by atoms with Crippen molar-refractivity contribution in [2.45, 2.75) is 26.9 Å². The number of halogens is 3. The molecule has 1 rings (SSSR count). The van der Waals surface area contributed by atoms with Gasteiger partial charge >= 0.3 is 6.18 Å². The van der Waals surface area contributed by atoms with Gasteiger partial charge in [0.1, 0.15) is 5.75 Å². The second kappa shape index (κ2) is 9.92. The van der Waals surface area contributed by atoms with Crippen LogP contribution in [-0.4, -0.2) is 11.4 Å². The molecule has 0 saturated heterocycles. The van der Waals surface area contributed by atoms with Crippen LogP contribution >= 0.6 is 8.35 Å². The SMILES string of the molecule is C=PN.CC(C)C.Oc1cccc(C(F)(F)F)c1. The lowest BCUT2D eigenvalue weighted by atomic mass is 10.2. The fourth-order valence-corrected chi connectivity index (χ4v) is 0.682. The fourth-order valence-electron chi connectivity index (χ4n) is 0.682. The van der Waals surface area contributed by atoms with Gasteiger partial charge in [0.05, 0.1) is 5.56 Å². The van der Waals surface area contributed by atoms with Crippen LogP contribution in [0.25, 0.3) is 0 Å². The summed E-state index contributed by atoms with van der Waals surface area (Å²) in [4.78, 5) is 0. The first-order valence-corrected chi connectivity index (χ1v) is 6.32. The summed E-state index contributed by atoms with van der Waals surface area (Å²) >= 11 is 0. The van der Waals surface area contributed by atoms with Gasteiger partial charge in [-0.3, -0.25) is 5.50 Å². The van der Waals surface area contributed by atoms with Crippen LogP contribution < -0.4 is 5.50 Å². The standard InChI is InChI=1S/C7H5F3O.C4H10.CH4NP/c8-7(9,10)5-2-1-3-6(11)4-5;1-4(2)3;1-3-2/h1-4,11H;4H,1-3H3;1-2H2. The average molecular weight is 281 g/mol. The zero-order valence-electron chi connectivity index (χ0n) is 10.7. The molecule has 0 aliphatic carbocycles. The van der Waals surface area contributed by atoms with E-state index in [0.717, 1.165) is 18.1 Å². The Balaban J connectivity index is 0. The Hall–Kier alpha value is -1.06. The second-order valence-corrected chi connectivity index (χ2v) is 4.33. The van der Waals surface area contributed by atoms with Gasteiger partial charge in [0.25, 0.3) is 0 Å². The minimum Gasteiger partial charge on any atom is -0.508 e. The molecule has 0 heterocycles. The lowest BCUT2D eigenvalue weighted by Gasteiger charge is -2.05. The molecule has 0 bridgehead atoms. The minimum absolute atomic E-state index is 0.375. The maximum Gasteiger partial charge on any atom is 0.416 e. The summed E-state index contributed by atoms with van der Waals surface area (Å²) in [6, 6.07) is 3.92. The molecule has 0 radical (unpaired) electrons. The van der Waals surface area contributed by atoms with Crippen molar-refractivity contribution in [3.8, 4) is 5.75 Å². The molecule has 0 aliphatic rings. The monoisotopic (exact) mass is 281 g/mol. The lowest BCUT2D eigenvalue weighted by molar-refractivity contribution is -0.137. The molecule has 3 N–H and O–H groups in total. The van der Waals surface area contributed by atoms with E-state index in [1.807, 2.05) is 0 Å². The number of aromatic hydroxyl groups is 1. The highest BCUT2D eigenvalue weighted by molar-refractivity contribution is 7.33. The summed E-state index contributed by atoms with van der Waals surface area (Å²) < 4.78 is 35.6. The van der Waals surface area contributed by atoms with Crippen LogP contribution in [0.3, 0.4) is 0 Å². The number of phenolic OH excluding ortho intramolecular Hbond substituents is 1. The quantitative estimate of drug-likeness (QED) is 0.696. The van der Waals surface area contributed by atoms with Crippen molar-refractivity contribution < 1.29 is 18.3 Å². The number of nitrogens with two attached hydrogens (primary N) is 1. The van der Waals surface area contributed by atoms with Crippen molar-refractivity contribution in [2.24, 2.45) is 11.4 Å². The molecule has 0 spiro atoms. The van der Waals surface area contributed by atoms with Crippen molar-refractivity contribution in [1.29, 1.82) is 0 Å². The van der Waals surface area contributed by atoms with Crippen LogP contribution in [0.2, 0.25) is 0 Å². The highest BCUT2D eigenvalue weighted by Gasteiger charge is 2.30. The molecule has 0 fully saturated rings. The van der Waals surface area contributed by atoms with Crippen LogP contribution in [0.5, 0.6) is 5.75 Å². The summed E-state index contributed by atoms with van der Waals surface area (Å²) in [7, 11) is 0.667. The Morgan fingerprint density at radius 1 is 1.28 bits per heavy atom. The van der Waals surface area contributed by atoms with E-state index >= 15 is 0 Å². The largest absolute Gasteiger partial charge is 0.508 e. The molecule has 6 heteroatoms. The number of rotatable bonds is 0. The van der Waals surface area contributed by atoms with Crippen molar-refractivity contribution in [2.75, 3.05) is 0 Å². The second-order valence-electron chi connectivity index (χ2n) is 3.96. The third-order valence-electron chi connectivity index (χ3n) is 1.17. The van der Waals surface area contributed by atoms with Gasteiger partial charge in [0.2, 0.25) is 0 Å². The molecular formula is C12H19F3NOP. The molecule has 1 aromatic carbocycles. The van der Waals surface area contributed by atoms with E-state index in [4.69, 9.17) is 10.6 Å². The van der Waals surface area contributed by atoms with Crippen molar-refractivity contribution in [3.63, 3.8) is 0 Å². The topological polar surface area (TPSA) is 46.2 Å². The molecule has 1 aromatic rings. The van der Waals surface area contributed by atoms with E-state index in [2.05, 4.69) is 27.1 Å². The molecule has 0 aromatic heterocycles. The Bertz CT molecular complexity index is 338. The summed E-state index contributed by atoms with van der Waals surface area (Å²) in [6.45, 7) is 6.50. The molecule has 2 nitrogen and oxygen atoms in total. The number of hydrogen-bond donors (Lipinski definition) is 2. The number of benzene rings is 1. The summed E-state index contributed by atoms with van der Waals surface area (Å²) in [6.07, 6.45) is -1.14. The van der Waals surface area contributed by atoms with E-state index in [-0.39, 0.29) is 5.75 Å². The Labute approximate surface area is 107 Å². The Morgan fingerprint density at radius 2 is 1.67 bits per heavy atom. The molecule has 0 atom stereocenters. The molecule has 0 unspecified atom stereocenters. The number of hydrogen-bond acceptors (Lipinski definition) is 2. The molecule has 18 heavy (non-hydrogen) atoms. The van der Waals surface area contributed by atoms with Crippen molar-refractivity contribution in [1.82, 2.24) is 0 Å². The van der Waals surface area contributed by atoms with E-state index in [1.54, 1.807) is 0 Å². The maximum absolute atomic E-state index is 11.9. The van der Waals surface area contributed by atoms with Gasteiger partial charge in [-0.05, 0) is 32.5 Å². The van der Waals surface area contributed by atoms with E-state index < -0.39 is 11.7 Å². The Morgan fingerprint density at radius 3 is 1.89 bits per heavy atom. The summed E-state index contributed by atoms with van der Waals surface area (Å²) in [5, 5.41) is 8.68. The first kappa shape index (κ1) is 19.3. The smallest absolute Gasteiger partial charge is 0.416 e. The van der Waals surface area contributed by atoms with Gasteiger partial charge in [-0.2, -0.15) is 13.2 Å². The number of phenols is 1. The van der Waals surface area contributed by atoms with Crippen LogP contribution in [0.1, 0.15) is 26.3 Å². The van der Waals surface area contributed by atoms with Gasteiger partial charge in [0, 0.05) is 0 Å². The summed E-state index contributed by atoms with van der Waals surface area (Å²) in [5.74, 6) is 0.458. The van der Waals surface area contributed by atoms with E-state index in [1.165, 1.54) is 6.07 Å². The third kappa shape index (κ3) is 13.0. The molecular weight excluding hydrogens is 262 g/mol. The van der Waals surface area contributed by atoms with Gasteiger partial charge < -0.3 is 5.11 Å². The molecule has 0 aliphatic heterocycles. The highest BCUT2D eigenvalue weighted by atomic mass is 31.1. The predicted molar refractivity (Wildman–Crippen MR) is 71.8 cm³/mol. The fraction of sp³-hybridized carbons (Fsp3) is 0.417. The van der Waals surface area contributed by atoms with Crippen LogP contribution in [-0.2, 0) is 6.18 Å². The first-order chi connectivity index (χ1) is 8.15. The third-order valence-corrected chi connectivity index (χ3v) is 1.17. The minimum atomic E-state index is -4.38. The lowest BCUT2D eigenvalue weighted by Crippen LogP contribution is -2.03. The van der Waals surface area contributed by atoms with Gasteiger partial charge in [-0.15, -0.1) is 0 Å². The van der Waals surface area contributed by atoms with Gasteiger partial charge in [-0.25, -0.2) is 0 Å². The van der Waals surface area contributed by atoms with Crippen LogP contribution in [0.4, 0.5) is 13.2 Å². The molecule has 0 amide bonds. The van der Waals surface area contributed by atoms with Crippen molar-refractivity contribution in [3.05, 3.63) is 29.8 Å². The molecule has 0 saturated carbocycles. The van der Waals surface area contributed by atoms with Crippen LogP contribution in [0, 0.1) is 5.92 Å². The zero-order chi connectivity index (χ0) is 14.8. The zero-order valence-corrected chi connectivity index (χ0v) is 11.6. The summed E-state index contributed by atoms with van der Waals surface area (Å²) in [5.41, 5.74) is 3.87. The van der Waals surface area contributed by atoms with E-state index in [9.17, 15) is 13.2 Å². The average Bonchev–Trinajstić information content (AvgIpc) is 2.16. The number of alkyl halides is 3. The Kier molecular flexibility index (Phi) is 10.6.